The minimum Gasteiger partial charge on any atom is -0.456 e. The molecule has 4 nitrogen and oxygen atoms in total. The maximum Gasteiger partial charge on any atom is 0.333 e. The maximum atomic E-state index is 7.33. The fourth-order valence-corrected chi connectivity index (χ4v) is 15.9. The van der Waals surface area contributed by atoms with E-state index in [0.29, 0.717) is 0 Å². The third kappa shape index (κ3) is 7.64. The van der Waals surface area contributed by atoms with Crippen molar-refractivity contribution in [2.45, 2.75) is 155 Å². The Bertz CT molecular complexity index is 4360. The second-order valence-corrected chi connectivity index (χ2v) is 29.6. The van der Waals surface area contributed by atoms with E-state index in [2.05, 4.69) is 281 Å². The lowest BCUT2D eigenvalue weighted by atomic mass is 9.42. The lowest BCUT2D eigenvalue weighted by Crippen LogP contribution is -2.62. The van der Waals surface area contributed by atoms with Gasteiger partial charge in [0.25, 0.3) is 0 Å². The summed E-state index contributed by atoms with van der Waals surface area (Å²) in [5.41, 5.74) is 30.0. The van der Waals surface area contributed by atoms with Crippen LogP contribution >= 0.6 is 0 Å². The van der Waals surface area contributed by atoms with Gasteiger partial charge in [-0.25, -0.2) is 0 Å². The van der Waals surface area contributed by atoms with Gasteiger partial charge in [0.15, 0.2) is 0 Å². The molecule has 0 bridgehead atoms. The summed E-state index contributed by atoms with van der Waals surface area (Å²) in [6, 6.07) is 66.1. The molecule has 0 spiro atoms. The molecule has 5 heteroatoms. The number of rotatable bonds is 5. The first kappa shape index (κ1) is 52.1. The summed E-state index contributed by atoms with van der Waals surface area (Å²) < 4.78 is 7.33. The van der Waals surface area contributed by atoms with Crippen molar-refractivity contribution in [2.75, 3.05) is 14.6 Å². The molecule has 0 amide bonds. The summed E-state index contributed by atoms with van der Waals surface area (Å²) in [7, 11) is 0. The quantitative estimate of drug-likeness (QED) is 0.160. The maximum absolute atomic E-state index is 7.33. The molecule has 414 valence electrons. The van der Waals surface area contributed by atoms with Gasteiger partial charge in [-0.15, -0.1) is 0 Å². The van der Waals surface area contributed by atoms with Crippen LogP contribution in [0.5, 0.6) is 0 Å². The van der Waals surface area contributed by atoms with Crippen LogP contribution in [0.15, 0.2) is 174 Å². The van der Waals surface area contributed by atoms with E-state index < -0.39 is 0 Å². The Morgan fingerprint density at radius 2 is 1.04 bits per heavy atom. The highest BCUT2D eigenvalue weighted by Gasteiger charge is 2.51. The molecule has 15 rings (SSSR count). The van der Waals surface area contributed by atoms with Crippen LogP contribution in [0.25, 0.3) is 44.2 Å². The number of nitrogens with zero attached hydrogens (tertiary/aromatic N) is 3. The van der Waals surface area contributed by atoms with Gasteiger partial charge < -0.3 is 19.0 Å². The van der Waals surface area contributed by atoms with Gasteiger partial charge in [-0.3, -0.25) is 0 Å². The molecule has 3 heterocycles. The molecule has 0 radical (unpaired) electrons. The fourth-order valence-electron chi connectivity index (χ4n) is 15.9. The zero-order valence-corrected chi connectivity index (χ0v) is 51.3. The van der Waals surface area contributed by atoms with E-state index in [1.54, 1.807) is 0 Å². The highest BCUT2D eigenvalue weighted by atomic mass is 16.3. The van der Waals surface area contributed by atoms with E-state index >= 15 is 0 Å². The van der Waals surface area contributed by atoms with Crippen molar-refractivity contribution in [3.8, 4) is 22.3 Å². The van der Waals surface area contributed by atoms with Crippen molar-refractivity contribution in [1.82, 2.24) is 0 Å². The molecule has 83 heavy (non-hydrogen) atoms. The van der Waals surface area contributed by atoms with Crippen molar-refractivity contribution in [3.05, 3.63) is 214 Å². The van der Waals surface area contributed by atoms with Crippen molar-refractivity contribution in [1.29, 1.82) is 0 Å². The Morgan fingerprint density at radius 3 is 1.72 bits per heavy atom. The van der Waals surface area contributed by atoms with Crippen LogP contribution in [0, 0.1) is 6.92 Å². The predicted octanol–water partition coefficient (Wildman–Crippen LogP) is 20.4. The summed E-state index contributed by atoms with van der Waals surface area (Å²) >= 11 is 0. The van der Waals surface area contributed by atoms with Crippen molar-refractivity contribution >= 4 is 85.2 Å². The van der Waals surface area contributed by atoms with Crippen LogP contribution in [0.2, 0.25) is 0 Å². The van der Waals surface area contributed by atoms with Crippen LogP contribution in [0.3, 0.4) is 0 Å². The van der Waals surface area contributed by atoms with Crippen LogP contribution in [0.1, 0.15) is 160 Å². The van der Waals surface area contributed by atoms with Crippen LogP contribution in [0.4, 0.5) is 45.5 Å². The van der Waals surface area contributed by atoms with Gasteiger partial charge in [-0.2, -0.15) is 0 Å². The van der Waals surface area contributed by atoms with Gasteiger partial charge in [0.2, 0.25) is 0 Å². The van der Waals surface area contributed by atoms with Crippen molar-refractivity contribution in [3.63, 3.8) is 0 Å². The molecule has 2 aliphatic heterocycles. The lowest BCUT2D eigenvalue weighted by Gasteiger charge is -2.48. The molecular weight excluding hydrogens is 1010 g/mol. The Hall–Kier alpha value is -7.76. The topological polar surface area (TPSA) is 22.9 Å². The first-order valence-corrected chi connectivity index (χ1v) is 30.7. The highest BCUT2D eigenvalue weighted by molar-refractivity contribution is 6.93. The smallest absolute Gasteiger partial charge is 0.333 e. The molecule has 0 unspecified atom stereocenters. The summed E-state index contributed by atoms with van der Waals surface area (Å²) in [6.07, 6.45) is 4.60. The average Bonchev–Trinajstić information content (AvgIpc) is 3.57. The standard InChI is InChI=1S/C78H78BN3O/c1-47-24-28-50(29-25-47)80(49-20-16-15-17-21-49)52-33-35-64-66(41-52)81(51-30-26-48(27-31-51)73(2,3)4)67-44-57-54-22-18-19-23-59(54)78(13,14)71(57)70-58-42-55-56-43-62-63(77(11,12)39-38-76(62,9)10)45-68(56)83-69(55)46-65(58)82(79(64)72(67)70)53-32-34-60-61(40-53)75(7,8)37-36-74(60,5)6/h15-35,40-46H,36-39H2,1-14H3. The number of fused-ring (bicyclic) bond motifs is 13. The van der Waals surface area contributed by atoms with Crippen LogP contribution in [-0.4, -0.2) is 6.85 Å². The molecule has 9 aromatic carbocycles. The molecule has 1 aromatic heterocycles. The number of aryl methyl sites for hydroxylation is 1. The largest absolute Gasteiger partial charge is 0.456 e. The second kappa shape index (κ2) is 17.4. The monoisotopic (exact) mass is 1080 g/mol. The van der Waals surface area contributed by atoms with Gasteiger partial charge in [-0.1, -0.05) is 174 Å². The number of benzene rings is 9. The van der Waals surface area contributed by atoms with E-state index in [4.69, 9.17) is 4.42 Å². The van der Waals surface area contributed by atoms with E-state index in [9.17, 15) is 0 Å². The van der Waals surface area contributed by atoms with Crippen molar-refractivity contribution < 1.29 is 4.42 Å². The Kier molecular flexibility index (Phi) is 10.9. The molecule has 5 aliphatic rings. The van der Waals surface area contributed by atoms with Crippen molar-refractivity contribution in [2.24, 2.45) is 0 Å². The Balaban J connectivity index is 1.09. The minimum absolute atomic E-state index is 0.00517. The van der Waals surface area contributed by atoms with Crippen LogP contribution in [-0.2, 0) is 32.5 Å². The van der Waals surface area contributed by atoms with E-state index in [1.807, 2.05) is 0 Å². The lowest BCUT2D eigenvalue weighted by molar-refractivity contribution is 0.332. The summed E-state index contributed by atoms with van der Waals surface area (Å²) in [5.74, 6) is 0. The van der Waals surface area contributed by atoms with Gasteiger partial charge in [0.1, 0.15) is 11.2 Å². The number of hydrogen-bond donors (Lipinski definition) is 0. The third-order valence-electron chi connectivity index (χ3n) is 20.9. The Morgan fingerprint density at radius 1 is 0.458 bits per heavy atom. The summed E-state index contributed by atoms with van der Waals surface area (Å²) in [5, 5.41) is 2.39. The van der Waals surface area contributed by atoms with Gasteiger partial charge in [0, 0.05) is 73.3 Å². The molecule has 0 saturated heterocycles. The fraction of sp³-hybridized carbons (Fsp3) is 0.308. The molecule has 3 aliphatic carbocycles. The second-order valence-electron chi connectivity index (χ2n) is 29.6. The minimum atomic E-state index is -0.308. The number of para-hydroxylation sites is 1. The molecule has 0 fully saturated rings. The predicted molar refractivity (Wildman–Crippen MR) is 354 cm³/mol. The average molecular weight is 1080 g/mol. The zero-order valence-electron chi connectivity index (χ0n) is 51.3. The molecule has 0 atom stereocenters. The van der Waals surface area contributed by atoms with Crippen LogP contribution < -0.4 is 25.5 Å². The Labute approximate surface area is 493 Å². The SMILES string of the molecule is Cc1ccc(N(c2ccccc2)c2ccc3c(c2)N(c2ccc(C(C)(C)C)cc2)c2cc4c(c5c2B3N(c2ccc3c(c2)C(C)(C)CCC3(C)C)c2cc3oc6cc7c(cc6c3cc2-5)C(C)(C)CCC7(C)C)C(C)(C)c2ccccc2-4)cc1. The number of hydrogen-bond acceptors (Lipinski definition) is 4. The normalized spacial score (nSPS) is 18.0. The van der Waals surface area contributed by atoms with Gasteiger partial charge >= 0.3 is 6.85 Å². The first-order chi connectivity index (χ1) is 39.4. The summed E-state index contributed by atoms with van der Waals surface area (Å²) in [6.45, 7) is 33.4. The van der Waals surface area contributed by atoms with Gasteiger partial charge in [0.05, 0.1) is 0 Å². The van der Waals surface area contributed by atoms with E-state index in [0.717, 1.165) is 59.6 Å². The zero-order chi connectivity index (χ0) is 57.7. The molecule has 0 N–H and O–H groups in total. The molecular formula is C78H78BN3O. The summed E-state index contributed by atoms with van der Waals surface area (Å²) in [4.78, 5) is 7.82. The third-order valence-corrected chi connectivity index (χ3v) is 20.9. The van der Waals surface area contributed by atoms with E-state index in [1.165, 1.54) is 111 Å². The molecule has 10 aromatic rings. The number of anilines is 8. The number of furan rings is 1. The first-order valence-electron chi connectivity index (χ1n) is 30.7. The highest BCUT2D eigenvalue weighted by Crippen LogP contribution is 2.60. The van der Waals surface area contributed by atoms with E-state index in [-0.39, 0.29) is 39.3 Å². The molecule has 0 saturated carbocycles. The van der Waals surface area contributed by atoms with Gasteiger partial charge in [-0.05, 0) is 211 Å².